The van der Waals surface area contributed by atoms with Crippen molar-refractivity contribution in [3.8, 4) is 0 Å². The van der Waals surface area contributed by atoms with Crippen LogP contribution in [0.15, 0.2) is 0 Å². The summed E-state index contributed by atoms with van der Waals surface area (Å²) in [5, 5.41) is 8.63. The van der Waals surface area contributed by atoms with E-state index in [1.54, 1.807) is 0 Å². The molecule has 0 aromatic carbocycles. The fourth-order valence-electron chi connectivity index (χ4n) is 1.00. The summed E-state index contributed by atoms with van der Waals surface area (Å²) in [4.78, 5) is 0. The van der Waals surface area contributed by atoms with E-state index in [1.807, 2.05) is 0 Å². The predicted octanol–water partition coefficient (Wildman–Crippen LogP) is 2.92. The van der Waals surface area contributed by atoms with E-state index in [0.29, 0.717) is 5.92 Å². The summed E-state index contributed by atoms with van der Waals surface area (Å²) in [5.41, 5.74) is 0. The molecule has 1 N–H and O–H groups in total. The molecule has 0 aliphatic rings. The summed E-state index contributed by atoms with van der Waals surface area (Å²) in [6, 6.07) is 0. The van der Waals surface area contributed by atoms with Gasteiger partial charge in [-0.25, -0.2) is 0 Å². The second-order valence-corrected chi connectivity index (χ2v) is 3.97. The molecule has 1 nitrogen and oxygen atoms in total. The molecule has 0 saturated carbocycles. The van der Waals surface area contributed by atoms with Crippen LogP contribution in [0.3, 0.4) is 0 Å². The molecule has 0 aromatic rings. The van der Waals surface area contributed by atoms with Crippen molar-refractivity contribution in [1.82, 2.24) is 0 Å². The number of hydrogen-bond acceptors (Lipinski definition) is 1. The molecule has 0 saturated heterocycles. The van der Waals surface area contributed by atoms with Gasteiger partial charge in [-0.05, 0) is 12.3 Å². The highest BCUT2D eigenvalue weighted by Gasteiger charge is 2.05. The minimum absolute atomic E-state index is 0.306. The molecule has 0 aliphatic heterocycles. The normalized spacial score (nSPS) is 16.8. The van der Waals surface area contributed by atoms with Crippen molar-refractivity contribution in [3.05, 3.63) is 0 Å². The molecule has 0 spiro atoms. The van der Waals surface area contributed by atoms with Gasteiger partial charge in [0.1, 0.15) is 5.01 Å². The van der Waals surface area contributed by atoms with E-state index in [9.17, 15) is 0 Å². The molecule has 62 valence electrons. The van der Waals surface area contributed by atoms with E-state index in [0.717, 1.165) is 6.42 Å². The number of aliphatic hydroxyl groups is 1. The average Bonchev–Trinajstić information content (AvgIpc) is 1.82. The standard InChI is InChI=1S/C8H17BrO/c1-3-4-5-7(2)6-8(9)10/h7-8,10H,3-6H2,1-2H3/t7-,8-/m0/s1. The molecule has 0 radical (unpaired) electrons. The van der Waals surface area contributed by atoms with Gasteiger partial charge in [0.15, 0.2) is 0 Å². The lowest BCUT2D eigenvalue weighted by atomic mass is 10.0. The summed E-state index contributed by atoms with van der Waals surface area (Å²) in [5.74, 6) is 0.648. The highest BCUT2D eigenvalue weighted by molar-refractivity contribution is 9.09. The van der Waals surface area contributed by atoms with Gasteiger partial charge in [-0.1, -0.05) is 49.0 Å². The summed E-state index contributed by atoms with van der Waals surface area (Å²) >= 11 is 3.12. The molecule has 0 aliphatic carbocycles. The first-order valence-electron chi connectivity index (χ1n) is 3.99. The zero-order valence-corrected chi connectivity index (χ0v) is 8.39. The quantitative estimate of drug-likeness (QED) is 0.690. The third-order valence-corrected chi connectivity index (χ3v) is 2.02. The first kappa shape index (κ1) is 10.4. The summed E-state index contributed by atoms with van der Waals surface area (Å²) < 4.78 is 0. The Morgan fingerprint density at radius 1 is 1.50 bits per heavy atom. The highest BCUT2D eigenvalue weighted by Crippen LogP contribution is 2.16. The Kier molecular flexibility index (Phi) is 6.44. The number of halogens is 1. The van der Waals surface area contributed by atoms with Gasteiger partial charge in [0.2, 0.25) is 0 Å². The van der Waals surface area contributed by atoms with Gasteiger partial charge in [-0.2, -0.15) is 0 Å². The van der Waals surface area contributed by atoms with Crippen LogP contribution in [0.5, 0.6) is 0 Å². The lowest BCUT2D eigenvalue weighted by Crippen LogP contribution is -2.03. The molecule has 0 heterocycles. The van der Waals surface area contributed by atoms with Crippen molar-refractivity contribution in [1.29, 1.82) is 0 Å². The molecular weight excluding hydrogens is 192 g/mol. The van der Waals surface area contributed by atoms with Crippen LogP contribution < -0.4 is 0 Å². The molecule has 0 aromatic heterocycles. The van der Waals surface area contributed by atoms with Crippen molar-refractivity contribution in [2.75, 3.05) is 0 Å². The summed E-state index contributed by atoms with van der Waals surface area (Å²) in [7, 11) is 0. The number of hydrogen-bond donors (Lipinski definition) is 1. The van der Waals surface area contributed by atoms with Crippen LogP contribution in [0.2, 0.25) is 0 Å². The van der Waals surface area contributed by atoms with Crippen LogP contribution >= 0.6 is 15.9 Å². The Bertz CT molecular complexity index is 73.7. The molecule has 0 bridgehead atoms. The van der Waals surface area contributed by atoms with Crippen LogP contribution in [0.25, 0.3) is 0 Å². The maximum Gasteiger partial charge on any atom is 0.109 e. The molecule has 10 heavy (non-hydrogen) atoms. The maximum absolute atomic E-state index is 8.94. The van der Waals surface area contributed by atoms with Crippen molar-refractivity contribution < 1.29 is 5.11 Å². The van der Waals surface area contributed by atoms with E-state index in [1.165, 1.54) is 19.3 Å². The van der Waals surface area contributed by atoms with Crippen molar-refractivity contribution in [3.63, 3.8) is 0 Å². The van der Waals surface area contributed by atoms with E-state index in [2.05, 4.69) is 29.8 Å². The van der Waals surface area contributed by atoms with Crippen LogP contribution in [-0.2, 0) is 0 Å². The van der Waals surface area contributed by atoms with Crippen molar-refractivity contribution in [2.45, 2.75) is 44.5 Å². The Balaban J connectivity index is 3.16. The fourth-order valence-corrected chi connectivity index (χ4v) is 1.64. The van der Waals surface area contributed by atoms with Crippen LogP contribution in [0, 0.1) is 5.92 Å². The van der Waals surface area contributed by atoms with Crippen LogP contribution in [-0.4, -0.2) is 10.1 Å². The van der Waals surface area contributed by atoms with Gasteiger partial charge in [0, 0.05) is 0 Å². The van der Waals surface area contributed by atoms with Gasteiger partial charge in [0.05, 0.1) is 0 Å². The average molecular weight is 209 g/mol. The fraction of sp³-hybridized carbons (Fsp3) is 1.00. The Morgan fingerprint density at radius 2 is 2.10 bits per heavy atom. The molecule has 0 unspecified atom stereocenters. The molecule has 2 heteroatoms. The van der Waals surface area contributed by atoms with E-state index in [4.69, 9.17) is 5.11 Å². The molecular formula is C8H17BrO. The third kappa shape index (κ3) is 6.56. The topological polar surface area (TPSA) is 20.2 Å². The van der Waals surface area contributed by atoms with E-state index < -0.39 is 0 Å². The predicted molar refractivity (Wildman–Crippen MR) is 48.2 cm³/mol. The van der Waals surface area contributed by atoms with Crippen molar-refractivity contribution >= 4 is 15.9 Å². The minimum Gasteiger partial charge on any atom is -0.382 e. The van der Waals surface area contributed by atoms with E-state index >= 15 is 0 Å². The van der Waals surface area contributed by atoms with Gasteiger partial charge in [-0.15, -0.1) is 0 Å². The van der Waals surface area contributed by atoms with Gasteiger partial charge in [-0.3, -0.25) is 0 Å². The van der Waals surface area contributed by atoms with Gasteiger partial charge < -0.3 is 5.11 Å². The number of unbranched alkanes of at least 4 members (excludes halogenated alkanes) is 1. The molecule has 2 atom stereocenters. The Hall–Kier alpha value is 0.440. The van der Waals surface area contributed by atoms with Crippen LogP contribution in [0.4, 0.5) is 0 Å². The second-order valence-electron chi connectivity index (χ2n) is 2.92. The zero-order chi connectivity index (χ0) is 7.98. The molecule has 0 rings (SSSR count). The second kappa shape index (κ2) is 6.17. The van der Waals surface area contributed by atoms with E-state index in [-0.39, 0.29) is 5.01 Å². The highest BCUT2D eigenvalue weighted by atomic mass is 79.9. The smallest absolute Gasteiger partial charge is 0.109 e. The molecule has 0 fully saturated rings. The molecule has 0 amide bonds. The SMILES string of the molecule is CCCC[C@H](C)C[C@H](O)Br. The lowest BCUT2D eigenvalue weighted by molar-refractivity contribution is 0.230. The number of aliphatic hydroxyl groups excluding tert-OH is 1. The Morgan fingerprint density at radius 3 is 2.50 bits per heavy atom. The zero-order valence-electron chi connectivity index (χ0n) is 6.81. The number of alkyl halides is 1. The van der Waals surface area contributed by atoms with Gasteiger partial charge in [0.25, 0.3) is 0 Å². The summed E-state index contributed by atoms with van der Waals surface area (Å²) in [6.45, 7) is 4.37. The number of rotatable bonds is 5. The third-order valence-electron chi connectivity index (χ3n) is 1.65. The first-order valence-corrected chi connectivity index (χ1v) is 4.90. The van der Waals surface area contributed by atoms with Crippen LogP contribution in [0.1, 0.15) is 39.5 Å². The minimum atomic E-state index is -0.306. The lowest BCUT2D eigenvalue weighted by Gasteiger charge is -2.10. The monoisotopic (exact) mass is 208 g/mol. The summed E-state index contributed by atoms with van der Waals surface area (Å²) in [6.07, 6.45) is 4.64. The first-order chi connectivity index (χ1) is 4.66. The van der Waals surface area contributed by atoms with Crippen molar-refractivity contribution in [2.24, 2.45) is 5.92 Å². The van der Waals surface area contributed by atoms with Gasteiger partial charge >= 0.3 is 0 Å². The maximum atomic E-state index is 8.94. The Labute approximate surface area is 72.0 Å². The largest absolute Gasteiger partial charge is 0.382 e.